The molecule has 3 aromatic heterocycles. The van der Waals surface area contributed by atoms with Gasteiger partial charge in [0.15, 0.2) is 0 Å². The quantitative estimate of drug-likeness (QED) is 0.333. The highest BCUT2D eigenvalue weighted by atomic mass is 16.2. The smallest absolute Gasteiger partial charge is 0.320 e. The maximum atomic E-state index is 12.3. The average Bonchev–Trinajstić information content (AvgIpc) is 3.34. The molecule has 160 valence electrons. The predicted molar refractivity (Wildman–Crippen MR) is 124 cm³/mol. The second-order valence-corrected chi connectivity index (χ2v) is 7.04. The number of rotatable bonds is 7. The standard InChI is InChI=1S/C23H22N8O/c1-16-11-19(7-9-25-16)29-21-15-26-22(12-18(21)13-24)30-23(32)27-14-17-3-5-20(6-4-17)31-10-2-8-28-31/h2-13,15,24H,14H2,1H3,(H,25,29)(H2,26,27,30,32). The Kier molecular flexibility index (Phi) is 6.17. The third-order valence-electron chi connectivity index (χ3n) is 4.67. The molecule has 0 fully saturated rings. The molecule has 0 unspecified atom stereocenters. The number of pyridine rings is 2. The Bertz CT molecular complexity index is 1220. The monoisotopic (exact) mass is 426 g/mol. The van der Waals surface area contributed by atoms with E-state index in [9.17, 15) is 4.79 Å². The zero-order valence-corrected chi connectivity index (χ0v) is 17.4. The summed E-state index contributed by atoms with van der Waals surface area (Å²) in [7, 11) is 0. The van der Waals surface area contributed by atoms with Crippen molar-refractivity contribution >= 4 is 29.4 Å². The molecule has 4 aromatic rings. The number of aryl methyl sites for hydroxylation is 1. The van der Waals surface area contributed by atoms with Crippen LogP contribution in [-0.2, 0) is 6.54 Å². The second-order valence-electron chi connectivity index (χ2n) is 7.04. The Labute approximate surface area is 185 Å². The fraction of sp³-hybridized carbons (Fsp3) is 0.0870. The Hall–Kier alpha value is -4.53. The van der Waals surface area contributed by atoms with E-state index in [1.165, 1.54) is 6.21 Å². The first-order valence-electron chi connectivity index (χ1n) is 9.95. The van der Waals surface area contributed by atoms with E-state index in [0.717, 1.165) is 22.6 Å². The van der Waals surface area contributed by atoms with Gasteiger partial charge in [-0.3, -0.25) is 10.3 Å². The van der Waals surface area contributed by atoms with Gasteiger partial charge in [0.25, 0.3) is 0 Å². The maximum absolute atomic E-state index is 12.3. The molecule has 0 spiro atoms. The number of carbonyl (C=O) groups excluding carboxylic acids is 1. The molecule has 0 aliphatic rings. The summed E-state index contributed by atoms with van der Waals surface area (Å²) in [5, 5.41) is 20.6. The fourth-order valence-corrected chi connectivity index (χ4v) is 3.07. The van der Waals surface area contributed by atoms with Gasteiger partial charge in [0, 0.05) is 48.3 Å². The van der Waals surface area contributed by atoms with Crippen molar-refractivity contribution in [3.05, 3.63) is 90.1 Å². The van der Waals surface area contributed by atoms with Crippen molar-refractivity contribution in [2.24, 2.45) is 0 Å². The molecule has 32 heavy (non-hydrogen) atoms. The van der Waals surface area contributed by atoms with E-state index in [0.29, 0.717) is 23.6 Å². The number of aromatic nitrogens is 4. The number of anilines is 3. The Morgan fingerprint density at radius 3 is 2.69 bits per heavy atom. The molecule has 4 N–H and O–H groups in total. The first-order chi connectivity index (χ1) is 15.6. The molecule has 0 saturated carbocycles. The van der Waals surface area contributed by atoms with E-state index in [1.54, 1.807) is 29.3 Å². The highest BCUT2D eigenvalue weighted by Gasteiger charge is 2.08. The lowest BCUT2D eigenvalue weighted by atomic mass is 10.2. The van der Waals surface area contributed by atoms with Crippen LogP contribution in [0.5, 0.6) is 0 Å². The molecule has 2 amide bonds. The molecular weight excluding hydrogens is 404 g/mol. The van der Waals surface area contributed by atoms with Gasteiger partial charge in [-0.05, 0) is 48.9 Å². The van der Waals surface area contributed by atoms with Crippen LogP contribution in [0.1, 0.15) is 16.8 Å². The number of carbonyl (C=O) groups is 1. The number of urea groups is 1. The molecular formula is C23H22N8O. The van der Waals surface area contributed by atoms with Crippen LogP contribution >= 0.6 is 0 Å². The van der Waals surface area contributed by atoms with Gasteiger partial charge < -0.3 is 16.0 Å². The normalized spacial score (nSPS) is 10.4. The van der Waals surface area contributed by atoms with Gasteiger partial charge in [-0.2, -0.15) is 5.10 Å². The summed E-state index contributed by atoms with van der Waals surface area (Å²) in [6.45, 7) is 2.27. The second kappa shape index (κ2) is 9.52. The zero-order valence-electron chi connectivity index (χ0n) is 17.4. The van der Waals surface area contributed by atoms with Crippen molar-refractivity contribution in [1.29, 1.82) is 5.41 Å². The van der Waals surface area contributed by atoms with Crippen LogP contribution in [0.25, 0.3) is 5.69 Å². The van der Waals surface area contributed by atoms with Crippen LogP contribution in [0, 0.1) is 12.3 Å². The fourth-order valence-electron chi connectivity index (χ4n) is 3.07. The van der Waals surface area contributed by atoms with Crippen LogP contribution in [0.15, 0.2) is 73.3 Å². The van der Waals surface area contributed by atoms with Crippen molar-refractivity contribution in [3.63, 3.8) is 0 Å². The number of hydrogen-bond acceptors (Lipinski definition) is 6. The number of nitrogens with zero attached hydrogens (tertiary/aromatic N) is 4. The Balaban J connectivity index is 1.35. The first-order valence-corrected chi connectivity index (χ1v) is 9.95. The molecule has 0 atom stereocenters. The van der Waals surface area contributed by atoms with Gasteiger partial charge in [-0.15, -0.1) is 0 Å². The Morgan fingerprint density at radius 2 is 1.97 bits per heavy atom. The Morgan fingerprint density at radius 1 is 1.12 bits per heavy atom. The summed E-state index contributed by atoms with van der Waals surface area (Å²) in [6.07, 6.45) is 8.10. The van der Waals surface area contributed by atoms with E-state index in [4.69, 9.17) is 5.41 Å². The highest BCUT2D eigenvalue weighted by Crippen LogP contribution is 2.21. The van der Waals surface area contributed by atoms with Gasteiger partial charge in [0.1, 0.15) is 5.82 Å². The minimum atomic E-state index is -0.380. The third kappa shape index (κ3) is 5.14. The summed E-state index contributed by atoms with van der Waals surface area (Å²) in [6, 6.07) is 14.6. The SMILES string of the molecule is Cc1cc(Nc2cnc(NC(=O)NCc3ccc(-n4cccn4)cc3)cc2C=N)ccn1. The molecule has 0 bridgehead atoms. The summed E-state index contributed by atoms with van der Waals surface area (Å²) >= 11 is 0. The number of amides is 2. The summed E-state index contributed by atoms with van der Waals surface area (Å²) in [5.41, 5.74) is 4.89. The highest BCUT2D eigenvalue weighted by molar-refractivity contribution is 5.92. The third-order valence-corrected chi connectivity index (χ3v) is 4.67. The van der Waals surface area contributed by atoms with E-state index < -0.39 is 0 Å². The van der Waals surface area contributed by atoms with E-state index in [-0.39, 0.29) is 6.03 Å². The van der Waals surface area contributed by atoms with Crippen LogP contribution in [-0.4, -0.2) is 32.0 Å². The van der Waals surface area contributed by atoms with Crippen LogP contribution < -0.4 is 16.0 Å². The molecule has 0 saturated heterocycles. The van der Waals surface area contributed by atoms with Crippen molar-refractivity contribution in [2.75, 3.05) is 10.6 Å². The topological polar surface area (TPSA) is 121 Å². The largest absolute Gasteiger partial charge is 0.354 e. The lowest BCUT2D eigenvalue weighted by molar-refractivity contribution is 0.251. The molecule has 4 rings (SSSR count). The minimum Gasteiger partial charge on any atom is -0.354 e. The lowest BCUT2D eigenvalue weighted by Crippen LogP contribution is -2.28. The van der Waals surface area contributed by atoms with E-state index >= 15 is 0 Å². The molecule has 9 heteroatoms. The van der Waals surface area contributed by atoms with Crippen molar-refractivity contribution in [2.45, 2.75) is 13.5 Å². The maximum Gasteiger partial charge on any atom is 0.320 e. The number of hydrogen-bond donors (Lipinski definition) is 4. The van der Waals surface area contributed by atoms with Crippen molar-refractivity contribution in [3.8, 4) is 5.69 Å². The molecule has 9 nitrogen and oxygen atoms in total. The lowest BCUT2D eigenvalue weighted by Gasteiger charge is -2.12. The van der Waals surface area contributed by atoms with Gasteiger partial charge >= 0.3 is 6.03 Å². The average molecular weight is 426 g/mol. The first kappa shape index (κ1) is 20.7. The summed E-state index contributed by atoms with van der Waals surface area (Å²) < 4.78 is 1.77. The van der Waals surface area contributed by atoms with Crippen molar-refractivity contribution < 1.29 is 4.79 Å². The summed E-state index contributed by atoms with van der Waals surface area (Å²) in [5.74, 6) is 0.353. The van der Waals surface area contributed by atoms with Gasteiger partial charge in [-0.1, -0.05) is 12.1 Å². The van der Waals surface area contributed by atoms with Crippen LogP contribution in [0.4, 0.5) is 22.0 Å². The number of nitrogens with one attached hydrogen (secondary N) is 4. The molecule has 3 heterocycles. The van der Waals surface area contributed by atoms with Crippen LogP contribution in [0.2, 0.25) is 0 Å². The van der Waals surface area contributed by atoms with E-state index in [2.05, 4.69) is 31.0 Å². The van der Waals surface area contributed by atoms with E-state index in [1.807, 2.05) is 55.6 Å². The molecule has 0 aliphatic heterocycles. The molecule has 0 radical (unpaired) electrons. The molecule has 1 aromatic carbocycles. The molecule has 0 aliphatic carbocycles. The zero-order chi connectivity index (χ0) is 22.3. The van der Waals surface area contributed by atoms with Gasteiger partial charge in [-0.25, -0.2) is 14.5 Å². The number of benzene rings is 1. The van der Waals surface area contributed by atoms with Gasteiger partial charge in [0.2, 0.25) is 0 Å². The van der Waals surface area contributed by atoms with Crippen molar-refractivity contribution in [1.82, 2.24) is 25.1 Å². The van der Waals surface area contributed by atoms with Gasteiger partial charge in [0.05, 0.1) is 17.6 Å². The van der Waals surface area contributed by atoms with Crippen LogP contribution in [0.3, 0.4) is 0 Å². The minimum absolute atomic E-state index is 0.353. The summed E-state index contributed by atoms with van der Waals surface area (Å²) in [4.78, 5) is 20.7. The predicted octanol–water partition coefficient (Wildman–Crippen LogP) is 4.03.